The average Bonchev–Trinajstić information content (AvgIpc) is 3.30. The molecule has 0 radical (unpaired) electrons. The molecule has 0 saturated carbocycles. The molecule has 4 rings (SSSR count). The summed E-state index contributed by atoms with van der Waals surface area (Å²) in [5.74, 6) is 0.634. The Hall–Kier alpha value is -2.61. The number of piperidine rings is 1. The molecule has 1 fully saturated rings. The van der Waals surface area contributed by atoms with E-state index in [1.54, 1.807) is 0 Å². The summed E-state index contributed by atoms with van der Waals surface area (Å²) in [5.41, 5.74) is 5.64. The predicted octanol–water partition coefficient (Wildman–Crippen LogP) is 5.71. The van der Waals surface area contributed by atoms with E-state index in [0.29, 0.717) is 12.3 Å². The zero-order chi connectivity index (χ0) is 22.9. The number of hydrogen-bond donors (Lipinski definition) is 1. The molecule has 0 amide bonds. The van der Waals surface area contributed by atoms with Gasteiger partial charge in [0.2, 0.25) is 5.06 Å². The number of nitrogens with zero attached hydrogens (tertiary/aromatic N) is 3. The van der Waals surface area contributed by atoms with Gasteiger partial charge in [0.25, 0.3) is 0 Å². The molecular formula is C25H32N4O2S. The van der Waals surface area contributed by atoms with Crippen LogP contribution in [0.2, 0.25) is 0 Å². The van der Waals surface area contributed by atoms with Gasteiger partial charge < -0.3 is 4.84 Å². The van der Waals surface area contributed by atoms with E-state index in [-0.39, 0.29) is 11.8 Å². The molecule has 3 heterocycles. The van der Waals surface area contributed by atoms with Crippen molar-refractivity contribution < 1.29 is 9.63 Å². The van der Waals surface area contributed by atoms with Crippen molar-refractivity contribution in [2.75, 3.05) is 6.54 Å². The lowest BCUT2D eigenvalue weighted by Crippen LogP contribution is -2.50. The van der Waals surface area contributed by atoms with Crippen molar-refractivity contribution >= 4 is 17.1 Å². The van der Waals surface area contributed by atoms with Crippen LogP contribution in [0.25, 0.3) is 10.6 Å². The number of hydrazine groups is 1. The molecule has 2 unspecified atom stereocenters. The third kappa shape index (κ3) is 6.45. The fraction of sp³-hybridized carbons (Fsp3) is 0.400. The lowest BCUT2D eigenvalue weighted by atomic mass is 9.87. The quantitative estimate of drug-likeness (QED) is 0.366. The van der Waals surface area contributed by atoms with Gasteiger partial charge >= 0.3 is 0 Å². The van der Waals surface area contributed by atoms with Crippen molar-refractivity contribution in [3.05, 3.63) is 65.9 Å². The zero-order valence-corrected chi connectivity index (χ0v) is 20.1. The van der Waals surface area contributed by atoms with Crippen molar-refractivity contribution in [3.63, 3.8) is 0 Å². The molecule has 1 aliphatic heterocycles. The summed E-state index contributed by atoms with van der Waals surface area (Å²) in [5, 5.41) is 11.2. The molecule has 0 aliphatic carbocycles. The Morgan fingerprint density at radius 3 is 2.59 bits per heavy atom. The molecule has 1 aromatic carbocycles. The molecule has 6 nitrogen and oxygen atoms in total. The van der Waals surface area contributed by atoms with Crippen LogP contribution < -0.4 is 10.4 Å². The summed E-state index contributed by atoms with van der Waals surface area (Å²) in [4.78, 5) is 19.3. The number of Topliss-reactive ketones (excluding diaryl/α,β-unsaturated/α-hetero) is 1. The van der Waals surface area contributed by atoms with E-state index in [4.69, 9.17) is 4.84 Å². The highest BCUT2D eigenvalue weighted by molar-refractivity contribution is 7.17. The first-order valence-electron chi connectivity index (χ1n) is 11.3. The molecule has 1 aliphatic rings. The van der Waals surface area contributed by atoms with Gasteiger partial charge in [0.15, 0.2) is 5.78 Å². The van der Waals surface area contributed by atoms with Crippen LogP contribution in [0.5, 0.6) is 5.06 Å². The Balaban J connectivity index is 0.00000141. The molecular weight excluding hydrogens is 420 g/mol. The monoisotopic (exact) mass is 452 g/mol. The molecule has 32 heavy (non-hydrogen) atoms. The minimum absolute atomic E-state index is 0.232. The third-order valence-electron chi connectivity index (χ3n) is 5.45. The van der Waals surface area contributed by atoms with Crippen LogP contribution in [0.4, 0.5) is 0 Å². The molecule has 3 aromatic rings. The van der Waals surface area contributed by atoms with Gasteiger partial charge in [0, 0.05) is 24.6 Å². The normalized spacial score (nSPS) is 18.5. The number of rotatable bonds is 7. The van der Waals surface area contributed by atoms with E-state index >= 15 is 0 Å². The van der Waals surface area contributed by atoms with Crippen LogP contribution in [0.15, 0.2) is 54.6 Å². The minimum atomic E-state index is 0.232. The second-order valence-corrected chi connectivity index (χ2v) is 8.84. The summed E-state index contributed by atoms with van der Waals surface area (Å²) in [6, 6.07) is 17.7. The van der Waals surface area contributed by atoms with Crippen LogP contribution in [-0.2, 0) is 0 Å². The van der Waals surface area contributed by atoms with Gasteiger partial charge in [-0.2, -0.15) is 5.10 Å². The van der Waals surface area contributed by atoms with Crippen LogP contribution in [-0.4, -0.2) is 33.6 Å². The number of hydrogen-bond acceptors (Lipinski definition) is 7. The minimum Gasteiger partial charge on any atom is -0.383 e. The number of thiophene rings is 1. The van der Waals surface area contributed by atoms with E-state index < -0.39 is 0 Å². The van der Waals surface area contributed by atoms with Crippen molar-refractivity contribution in [1.29, 1.82) is 0 Å². The highest BCUT2D eigenvalue weighted by Gasteiger charge is 2.27. The highest BCUT2D eigenvalue weighted by Crippen LogP contribution is 2.32. The van der Waals surface area contributed by atoms with Gasteiger partial charge in [0.05, 0.1) is 10.6 Å². The number of carbonyl (C=O) groups is 1. The maximum atomic E-state index is 12.5. The van der Waals surface area contributed by atoms with Crippen molar-refractivity contribution in [2.45, 2.75) is 53.0 Å². The number of carbonyl (C=O) groups excluding carboxylic acids is 1. The number of aromatic nitrogens is 2. The van der Waals surface area contributed by atoms with E-state index in [1.165, 1.54) is 11.3 Å². The smallest absolute Gasteiger partial charge is 0.203 e. The Labute approximate surface area is 194 Å². The molecule has 7 heteroatoms. The summed E-state index contributed by atoms with van der Waals surface area (Å²) < 4.78 is 0. The number of ketones is 1. The molecule has 1 N–H and O–H groups in total. The second-order valence-electron chi connectivity index (χ2n) is 7.80. The number of benzene rings is 1. The lowest BCUT2D eigenvalue weighted by molar-refractivity contribution is -0.0471. The van der Waals surface area contributed by atoms with Crippen LogP contribution in [0, 0.1) is 12.8 Å². The zero-order valence-electron chi connectivity index (χ0n) is 19.2. The van der Waals surface area contributed by atoms with Gasteiger partial charge in [-0.3, -0.25) is 4.79 Å². The SMILES string of the molecule is CC.Cc1ccc(-c2ccc(ONN3CCC(CC(=O)c4ccccc4)CC3C)s2)nn1. The predicted molar refractivity (Wildman–Crippen MR) is 129 cm³/mol. The Morgan fingerprint density at radius 1 is 1.12 bits per heavy atom. The topological polar surface area (TPSA) is 67.3 Å². The molecule has 170 valence electrons. The molecule has 0 bridgehead atoms. The Bertz CT molecular complexity index is 975. The van der Waals surface area contributed by atoms with Crippen LogP contribution in [0.1, 0.15) is 56.1 Å². The first-order valence-corrected chi connectivity index (χ1v) is 12.1. The van der Waals surface area contributed by atoms with E-state index in [9.17, 15) is 4.79 Å². The van der Waals surface area contributed by atoms with E-state index in [2.05, 4.69) is 27.7 Å². The Morgan fingerprint density at radius 2 is 1.91 bits per heavy atom. The first-order chi connectivity index (χ1) is 15.6. The van der Waals surface area contributed by atoms with Gasteiger partial charge in [-0.1, -0.05) is 61.1 Å². The maximum Gasteiger partial charge on any atom is 0.203 e. The molecule has 1 saturated heterocycles. The number of nitrogens with one attached hydrogen (secondary N) is 1. The van der Waals surface area contributed by atoms with Gasteiger partial charge in [-0.05, 0) is 56.9 Å². The van der Waals surface area contributed by atoms with Crippen molar-refractivity contribution in [3.8, 4) is 15.6 Å². The van der Waals surface area contributed by atoms with Crippen LogP contribution in [0.3, 0.4) is 0 Å². The number of aryl methyl sites for hydroxylation is 1. The van der Waals surface area contributed by atoms with Gasteiger partial charge in [-0.25, -0.2) is 5.01 Å². The lowest BCUT2D eigenvalue weighted by Gasteiger charge is -2.36. The van der Waals surface area contributed by atoms with Gasteiger partial charge in [0.1, 0.15) is 5.69 Å². The summed E-state index contributed by atoms with van der Waals surface area (Å²) in [7, 11) is 0. The fourth-order valence-electron chi connectivity index (χ4n) is 3.74. The summed E-state index contributed by atoms with van der Waals surface area (Å²) >= 11 is 1.53. The third-order valence-corrected chi connectivity index (χ3v) is 6.44. The van der Waals surface area contributed by atoms with Gasteiger partial charge in [-0.15, -0.1) is 5.10 Å². The fourth-order valence-corrected chi connectivity index (χ4v) is 4.52. The van der Waals surface area contributed by atoms with Crippen LogP contribution >= 0.6 is 11.3 Å². The second kappa shape index (κ2) is 11.9. The summed E-state index contributed by atoms with van der Waals surface area (Å²) in [6.45, 7) is 8.93. The maximum absolute atomic E-state index is 12.5. The standard InChI is InChI=1S/C23H26N4O2S.C2H6/c1-16-8-9-20(25-24-16)22-10-11-23(30-22)29-26-27-13-12-18(14-17(27)2)15-21(28)19-6-4-3-5-7-19;1-2/h3-11,17-18,26H,12-15H2,1-2H3;1-2H3. The largest absolute Gasteiger partial charge is 0.383 e. The molecule has 2 atom stereocenters. The average molecular weight is 453 g/mol. The Kier molecular flexibility index (Phi) is 8.90. The van der Waals surface area contributed by atoms with Crippen molar-refractivity contribution in [2.24, 2.45) is 5.92 Å². The molecule has 0 spiro atoms. The summed E-state index contributed by atoms with van der Waals surface area (Å²) in [6.07, 6.45) is 2.53. The van der Waals surface area contributed by atoms with Crippen molar-refractivity contribution in [1.82, 2.24) is 20.8 Å². The first kappa shape index (κ1) is 24.0. The van der Waals surface area contributed by atoms with E-state index in [1.807, 2.05) is 75.4 Å². The molecule has 2 aromatic heterocycles. The highest BCUT2D eigenvalue weighted by atomic mass is 32.1. The van der Waals surface area contributed by atoms with E-state index in [0.717, 1.165) is 46.3 Å².